The highest BCUT2D eigenvalue weighted by Gasteiger charge is 2.21. The molecule has 1 unspecified atom stereocenters. The van der Waals surface area contributed by atoms with Gasteiger partial charge < -0.3 is 4.90 Å². The quantitative estimate of drug-likeness (QED) is 0.797. The molecule has 18 heavy (non-hydrogen) atoms. The Morgan fingerprint density at radius 3 is 2.61 bits per heavy atom. The van der Waals surface area contributed by atoms with Crippen molar-refractivity contribution in [2.24, 2.45) is 0 Å². The third-order valence-electron chi connectivity index (χ3n) is 2.99. The maximum atomic E-state index is 12.3. The first-order valence-electron chi connectivity index (χ1n) is 6.40. The van der Waals surface area contributed by atoms with Crippen molar-refractivity contribution in [3.63, 3.8) is 0 Å². The van der Waals surface area contributed by atoms with Crippen molar-refractivity contribution in [1.82, 2.24) is 15.1 Å². The van der Waals surface area contributed by atoms with E-state index in [0.717, 1.165) is 25.8 Å². The Kier molecular flexibility index (Phi) is 6.05. The molecule has 1 rings (SSSR count). The molecule has 1 amide bonds. The standard InChI is InChI=1S/C13H20ClN3O/c1-4-6-9-17(10(3)5-2)13(18)11-7-8-12(14)16-15-11/h7-8,10H,4-6,9H2,1-3H3. The number of unbranched alkanes of at least 4 members (excludes halogenated alkanes) is 1. The molecule has 0 aliphatic carbocycles. The zero-order valence-corrected chi connectivity index (χ0v) is 11.9. The van der Waals surface area contributed by atoms with Gasteiger partial charge in [0.05, 0.1) is 0 Å². The second-order valence-electron chi connectivity index (χ2n) is 4.35. The van der Waals surface area contributed by atoms with E-state index >= 15 is 0 Å². The van der Waals surface area contributed by atoms with Crippen molar-refractivity contribution in [2.75, 3.05) is 6.54 Å². The van der Waals surface area contributed by atoms with Crippen molar-refractivity contribution < 1.29 is 4.79 Å². The van der Waals surface area contributed by atoms with Gasteiger partial charge in [-0.1, -0.05) is 31.9 Å². The van der Waals surface area contributed by atoms with Crippen molar-refractivity contribution in [3.05, 3.63) is 23.0 Å². The van der Waals surface area contributed by atoms with Crippen LogP contribution >= 0.6 is 11.6 Å². The smallest absolute Gasteiger partial charge is 0.274 e. The van der Waals surface area contributed by atoms with Crippen LogP contribution in [0.1, 0.15) is 50.5 Å². The summed E-state index contributed by atoms with van der Waals surface area (Å²) >= 11 is 5.67. The summed E-state index contributed by atoms with van der Waals surface area (Å²) in [7, 11) is 0. The summed E-state index contributed by atoms with van der Waals surface area (Å²) in [6, 6.07) is 3.43. The largest absolute Gasteiger partial charge is 0.335 e. The molecule has 0 aliphatic heterocycles. The highest BCUT2D eigenvalue weighted by atomic mass is 35.5. The lowest BCUT2D eigenvalue weighted by molar-refractivity contribution is 0.0678. The van der Waals surface area contributed by atoms with Crippen molar-refractivity contribution in [2.45, 2.75) is 46.1 Å². The average Bonchev–Trinajstić information content (AvgIpc) is 2.39. The van der Waals surface area contributed by atoms with Crippen LogP contribution < -0.4 is 0 Å². The van der Waals surface area contributed by atoms with Crippen LogP contribution in [0.15, 0.2) is 12.1 Å². The molecule has 100 valence electrons. The lowest BCUT2D eigenvalue weighted by Crippen LogP contribution is -2.39. The maximum absolute atomic E-state index is 12.3. The summed E-state index contributed by atoms with van der Waals surface area (Å²) in [6.07, 6.45) is 2.99. The Labute approximate surface area is 113 Å². The van der Waals surface area contributed by atoms with Gasteiger partial charge in [0.1, 0.15) is 0 Å². The van der Waals surface area contributed by atoms with Crippen LogP contribution in [-0.2, 0) is 0 Å². The highest BCUT2D eigenvalue weighted by Crippen LogP contribution is 2.11. The summed E-state index contributed by atoms with van der Waals surface area (Å²) in [6.45, 7) is 7.00. The maximum Gasteiger partial charge on any atom is 0.274 e. The van der Waals surface area contributed by atoms with Crippen LogP contribution in [-0.4, -0.2) is 33.6 Å². The summed E-state index contributed by atoms with van der Waals surface area (Å²) in [5.41, 5.74) is 0.357. The summed E-state index contributed by atoms with van der Waals surface area (Å²) in [5, 5.41) is 7.87. The number of amides is 1. The molecule has 1 atom stereocenters. The molecule has 0 radical (unpaired) electrons. The molecule has 1 aromatic rings. The van der Waals surface area contributed by atoms with E-state index in [4.69, 9.17) is 11.6 Å². The Hall–Kier alpha value is -1.16. The number of carbonyl (C=O) groups is 1. The van der Waals surface area contributed by atoms with Crippen LogP contribution in [0.2, 0.25) is 5.15 Å². The fourth-order valence-corrected chi connectivity index (χ4v) is 1.75. The van der Waals surface area contributed by atoms with Crippen LogP contribution in [0.4, 0.5) is 0 Å². The van der Waals surface area contributed by atoms with Crippen LogP contribution in [0.25, 0.3) is 0 Å². The SMILES string of the molecule is CCCCN(C(=O)c1ccc(Cl)nn1)C(C)CC. The minimum absolute atomic E-state index is 0.0676. The van der Waals surface area contributed by atoms with Gasteiger partial charge in [0.15, 0.2) is 10.8 Å². The molecule has 0 fully saturated rings. The molecule has 0 N–H and O–H groups in total. The first-order valence-corrected chi connectivity index (χ1v) is 6.78. The van der Waals surface area contributed by atoms with Gasteiger partial charge in [0, 0.05) is 12.6 Å². The van der Waals surface area contributed by atoms with E-state index in [0.29, 0.717) is 10.8 Å². The van der Waals surface area contributed by atoms with Gasteiger partial charge in [-0.15, -0.1) is 10.2 Å². The number of hydrogen-bond acceptors (Lipinski definition) is 3. The number of hydrogen-bond donors (Lipinski definition) is 0. The zero-order chi connectivity index (χ0) is 13.5. The Morgan fingerprint density at radius 2 is 2.11 bits per heavy atom. The second kappa shape index (κ2) is 7.31. The van der Waals surface area contributed by atoms with Crippen molar-refractivity contribution in [1.29, 1.82) is 0 Å². The Bertz CT molecular complexity index is 380. The molecule has 0 bridgehead atoms. The van der Waals surface area contributed by atoms with E-state index in [-0.39, 0.29) is 11.9 Å². The van der Waals surface area contributed by atoms with Crippen LogP contribution in [0, 0.1) is 0 Å². The monoisotopic (exact) mass is 269 g/mol. The molecule has 0 spiro atoms. The predicted octanol–water partition coefficient (Wildman–Crippen LogP) is 3.17. The third-order valence-corrected chi connectivity index (χ3v) is 3.19. The van der Waals surface area contributed by atoms with Gasteiger partial charge in [0.2, 0.25) is 0 Å². The average molecular weight is 270 g/mol. The topological polar surface area (TPSA) is 46.1 Å². The van der Waals surface area contributed by atoms with Gasteiger partial charge in [-0.3, -0.25) is 4.79 Å². The minimum atomic E-state index is -0.0676. The number of carbonyl (C=O) groups excluding carboxylic acids is 1. The summed E-state index contributed by atoms with van der Waals surface area (Å²) in [5.74, 6) is -0.0676. The molecule has 0 saturated heterocycles. The van der Waals surface area contributed by atoms with E-state index in [2.05, 4.69) is 31.0 Å². The summed E-state index contributed by atoms with van der Waals surface area (Å²) < 4.78 is 0. The van der Waals surface area contributed by atoms with Crippen LogP contribution in [0.5, 0.6) is 0 Å². The van der Waals surface area contributed by atoms with Gasteiger partial charge in [-0.2, -0.15) is 0 Å². The van der Waals surface area contributed by atoms with Gasteiger partial charge in [0.25, 0.3) is 5.91 Å². The van der Waals surface area contributed by atoms with Crippen molar-refractivity contribution in [3.8, 4) is 0 Å². The Balaban J connectivity index is 2.83. The molecule has 4 nitrogen and oxygen atoms in total. The molecular weight excluding hydrogens is 250 g/mol. The van der Waals surface area contributed by atoms with E-state index < -0.39 is 0 Å². The van der Waals surface area contributed by atoms with E-state index in [1.54, 1.807) is 12.1 Å². The fraction of sp³-hybridized carbons (Fsp3) is 0.615. The van der Waals surface area contributed by atoms with Gasteiger partial charge in [-0.25, -0.2) is 0 Å². The van der Waals surface area contributed by atoms with E-state index in [1.165, 1.54) is 0 Å². The summed E-state index contributed by atoms with van der Waals surface area (Å²) in [4.78, 5) is 14.2. The molecule has 1 aromatic heterocycles. The van der Waals surface area contributed by atoms with Crippen LogP contribution in [0.3, 0.4) is 0 Å². The van der Waals surface area contributed by atoms with Gasteiger partial charge >= 0.3 is 0 Å². The normalized spacial score (nSPS) is 12.2. The second-order valence-corrected chi connectivity index (χ2v) is 4.74. The molecule has 0 saturated carbocycles. The molecule has 1 heterocycles. The van der Waals surface area contributed by atoms with E-state index in [1.807, 2.05) is 4.90 Å². The Morgan fingerprint density at radius 1 is 1.39 bits per heavy atom. The van der Waals surface area contributed by atoms with Gasteiger partial charge in [-0.05, 0) is 31.9 Å². The molecule has 0 aliphatic rings. The first kappa shape index (κ1) is 14.9. The van der Waals surface area contributed by atoms with E-state index in [9.17, 15) is 4.79 Å². The lowest BCUT2D eigenvalue weighted by Gasteiger charge is -2.28. The molecule has 5 heteroatoms. The number of halogens is 1. The highest BCUT2D eigenvalue weighted by molar-refractivity contribution is 6.29. The third kappa shape index (κ3) is 3.95. The zero-order valence-electron chi connectivity index (χ0n) is 11.2. The number of aromatic nitrogens is 2. The van der Waals surface area contributed by atoms with Crippen molar-refractivity contribution >= 4 is 17.5 Å². The molecule has 0 aromatic carbocycles. The number of nitrogens with zero attached hydrogens (tertiary/aromatic N) is 3. The predicted molar refractivity (Wildman–Crippen MR) is 72.7 cm³/mol. The lowest BCUT2D eigenvalue weighted by atomic mass is 10.1. The minimum Gasteiger partial charge on any atom is -0.335 e. The number of rotatable bonds is 6. The first-order chi connectivity index (χ1) is 8.60. The fourth-order valence-electron chi connectivity index (χ4n) is 1.65. The molecular formula is C13H20ClN3O.